The van der Waals surface area contributed by atoms with Crippen LogP contribution in [-0.2, 0) is 0 Å². The summed E-state index contributed by atoms with van der Waals surface area (Å²) < 4.78 is 0. The van der Waals surface area contributed by atoms with Gasteiger partial charge in [0.1, 0.15) is 0 Å². The topological polar surface area (TPSA) is 0 Å². The third-order valence-electron chi connectivity index (χ3n) is 2.79. The number of hydrogen-bond donors (Lipinski definition) is 0. The van der Waals surface area contributed by atoms with Gasteiger partial charge >= 0.3 is 92.6 Å². The minimum atomic E-state index is -1.15. The van der Waals surface area contributed by atoms with E-state index in [0.29, 0.717) is 0 Å². The Labute approximate surface area is 92.9 Å². The van der Waals surface area contributed by atoms with Crippen molar-refractivity contribution in [3.8, 4) is 0 Å². The van der Waals surface area contributed by atoms with Gasteiger partial charge in [-0.15, -0.1) is 0 Å². The third kappa shape index (κ3) is 4.93. The molecule has 0 heterocycles. The van der Waals surface area contributed by atoms with Crippen molar-refractivity contribution in [3.63, 3.8) is 0 Å². The zero-order valence-electron chi connectivity index (χ0n) is 9.60. The molecule has 14 heavy (non-hydrogen) atoms. The molecule has 0 atom stereocenters. The van der Waals surface area contributed by atoms with Gasteiger partial charge in [-0.05, 0) is 0 Å². The van der Waals surface area contributed by atoms with E-state index in [2.05, 4.69) is 38.0 Å². The molecule has 0 aromatic rings. The maximum absolute atomic E-state index is 3.89. The van der Waals surface area contributed by atoms with E-state index in [1.807, 2.05) is 0 Å². The van der Waals surface area contributed by atoms with Crippen LogP contribution >= 0.6 is 7.26 Å². The second-order valence-corrected chi connectivity index (χ2v) is 9.81. The fourth-order valence-electron chi connectivity index (χ4n) is 2.03. The van der Waals surface area contributed by atoms with Crippen LogP contribution in [-0.4, -0.2) is 34.9 Å². The van der Waals surface area contributed by atoms with E-state index in [-0.39, 0.29) is 0 Å². The summed E-state index contributed by atoms with van der Waals surface area (Å²) >= 11 is 0. The van der Waals surface area contributed by atoms with E-state index in [1.54, 1.807) is 0 Å². The molecule has 0 aliphatic rings. The van der Waals surface area contributed by atoms with Crippen LogP contribution in [0.1, 0.15) is 6.42 Å². The van der Waals surface area contributed by atoms with Crippen molar-refractivity contribution in [1.82, 2.24) is 0 Å². The second-order valence-electron chi connectivity index (χ2n) is 4.08. The Morgan fingerprint density at radius 2 is 1.36 bits per heavy atom. The first kappa shape index (κ1) is 13.9. The average Bonchev–Trinajstić information content (AvgIpc) is 2.16. The van der Waals surface area contributed by atoms with E-state index < -0.39 is 7.26 Å². The molecule has 0 N–H and O–H groups in total. The van der Waals surface area contributed by atoms with Crippen LogP contribution < -0.4 is 0 Å². The molecule has 0 nitrogen and oxygen atoms in total. The zero-order valence-corrected chi connectivity index (χ0v) is 12.6. The Morgan fingerprint density at radius 3 is 1.64 bits per heavy atom. The summed E-state index contributed by atoms with van der Waals surface area (Å²) in [5.74, 6) is 0. The third-order valence-corrected chi connectivity index (χ3v) is 8.38. The summed E-state index contributed by atoms with van der Waals surface area (Å²) in [6.07, 6.45) is 12.8. The molecule has 0 unspecified atom stereocenters. The van der Waals surface area contributed by atoms with E-state index in [9.17, 15) is 0 Å². The molecule has 2 heteroatoms. The normalized spacial score (nSPS) is 12.3. The van der Waals surface area contributed by atoms with Gasteiger partial charge < -0.3 is 0 Å². The molecule has 0 saturated heterocycles. The quantitative estimate of drug-likeness (QED) is 0.323. The van der Waals surface area contributed by atoms with Crippen molar-refractivity contribution in [2.75, 3.05) is 24.6 Å². The molecule has 0 spiro atoms. The molecule has 0 aromatic carbocycles. The van der Waals surface area contributed by atoms with Crippen molar-refractivity contribution in [1.29, 1.82) is 0 Å². The molecule has 0 aromatic heterocycles. The van der Waals surface area contributed by atoms with Crippen molar-refractivity contribution < 1.29 is 0 Å². The average molecular weight is 228 g/mol. The first-order valence-corrected chi connectivity index (χ1v) is 9.81. The van der Waals surface area contributed by atoms with Crippen LogP contribution in [0.15, 0.2) is 38.0 Å². The van der Waals surface area contributed by atoms with Gasteiger partial charge in [-0.25, -0.2) is 0 Å². The molecule has 0 bridgehead atoms. The summed E-state index contributed by atoms with van der Waals surface area (Å²) in [4.78, 5) is 0. The minimum absolute atomic E-state index is 1.15. The van der Waals surface area contributed by atoms with Crippen molar-refractivity contribution in [2.45, 2.75) is 12.5 Å². The van der Waals surface area contributed by atoms with Gasteiger partial charge in [-0.2, -0.15) is 0 Å². The van der Waals surface area contributed by atoms with E-state index in [1.165, 1.54) is 47.4 Å². The van der Waals surface area contributed by atoms with Crippen LogP contribution in [0, 0.1) is 0 Å². The predicted octanol–water partition coefficient (Wildman–Crippen LogP) is 2.47. The molecule has 0 rings (SSSR count). The van der Waals surface area contributed by atoms with Crippen LogP contribution in [0.5, 0.6) is 0 Å². The van der Waals surface area contributed by atoms with Crippen molar-refractivity contribution in [3.05, 3.63) is 38.0 Å². The van der Waals surface area contributed by atoms with Crippen LogP contribution in [0.25, 0.3) is 0 Å². The van der Waals surface area contributed by atoms with Gasteiger partial charge in [0.05, 0.1) is 0 Å². The summed E-state index contributed by atoms with van der Waals surface area (Å²) in [6.45, 7) is 11.7. The fourth-order valence-corrected chi connectivity index (χ4v) is 7.14. The van der Waals surface area contributed by atoms with E-state index in [0.717, 1.165) is 0 Å². The summed E-state index contributed by atoms with van der Waals surface area (Å²) in [7, 11) is 0.191. The van der Waals surface area contributed by atoms with E-state index in [4.69, 9.17) is 0 Å². The Morgan fingerprint density at radius 1 is 0.929 bits per heavy atom. The summed E-state index contributed by atoms with van der Waals surface area (Å²) in [5, 5.41) is 0. The Kier molecular flexibility index (Phi) is 8.12. The molecular weight excluding hydrogens is 203 g/mol. The van der Waals surface area contributed by atoms with Gasteiger partial charge in [-0.1, -0.05) is 0 Å². The summed E-state index contributed by atoms with van der Waals surface area (Å²) in [5.41, 5.74) is 0. The SMILES string of the molecule is C=CC[PH](CC=C)(CC=C)CCC[SiH3]. The van der Waals surface area contributed by atoms with Gasteiger partial charge in [-0.3, -0.25) is 0 Å². The number of allylic oxidation sites excluding steroid dienone is 3. The molecule has 0 radical (unpaired) electrons. The van der Waals surface area contributed by atoms with Gasteiger partial charge in [0.15, 0.2) is 0 Å². The first-order chi connectivity index (χ1) is 6.74. The molecule has 0 amide bonds. The summed E-state index contributed by atoms with van der Waals surface area (Å²) in [6, 6.07) is 1.43. The predicted molar refractivity (Wildman–Crippen MR) is 77.7 cm³/mol. The standard InChI is InChI=1S/C12H25PSi/c1-4-8-13(9-5-2,10-6-3)11-7-12-14/h4-6,13H,1-3,7-12H2,14H3. The van der Waals surface area contributed by atoms with Crippen molar-refractivity contribution in [2.24, 2.45) is 0 Å². The molecular formula is C12H25PSi. The maximum atomic E-state index is 3.89. The fraction of sp³-hybridized carbons (Fsp3) is 0.500. The first-order valence-electron chi connectivity index (χ1n) is 5.57. The molecule has 0 aliphatic carbocycles. The molecule has 0 fully saturated rings. The molecule has 0 saturated carbocycles. The van der Waals surface area contributed by atoms with Crippen molar-refractivity contribution >= 4 is 17.5 Å². The number of hydrogen-bond acceptors (Lipinski definition) is 0. The zero-order chi connectivity index (χ0) is 10.9. The Bertz CT molecular complexity index is 160. The van der Waals surface area contributed by atoms with Crippen LogP contribution in [0.4, 0.5) is 0 Å². The van der Waals surface area contributed by atoms with E-state index >= 15 is 0 Å². The Balaban J connectivity index is 4.43. The Hall–Kier alpha value is -0.133. The van der Waals surface area contributed by atoms with Gasteiger partial charge in [0, 0.05) is 0 Å². The molecule has 82 valence electrons. The second kappa shape index (κ2) is 8.20. The van der Waals surface area contributed by atoms with Crippen LogP contribution in [0.2, 0.25) is 6.04 Å². The monoisotopic (exact) mass is 228 g/mol. The number of rotatable bonds is 9. The molecule has 0 aliphatic heterocycles. The van der Waals surface area contributed by atoms with Gasteiger partial charge in [0.2, 0.25) is 0 Å². The van der Waals surface area contributed by atoms with Gasteiger partial charge in [0.25, 0.3) is 0 Å². The van der Waals surface area contributed by atoms with Crippen LogP contribution in [0.3, 0.4) is 0 Å².